The highest BCUT2D eigenvalue weighted by Gasteiger charge is 2.04. The number of benzene rings is 1. The largest absolute Gasteiger partial charge is 0.393 e. The normalized spacial score (nSPS) is 12.1. The zero-order chi connectivity index (χ0) is 21.9. The average molecular weight is 419 g/mol. The maximum atomic E-state index is 11.9. The molecule has 4 heteroatoms. The van der Waals surface area contributed by atoms with Crippen LogP contribution in [0.2, 0.25) is 0 Å². The molecule has 0 saturated heterocycles. The molecular formula is C26H46N2O2. The second-order valence-electron chi connectivity index (χ2n) is 8.67. The molecule has 0 fully saturated rings. The molecule has 1 aromatic carbocycles. The molecule has 1 amide bonds. The van der Waals surface area contributed by atoms with Gasteiger partial charge in [0, 0.05) is 19.5 Å². The summed E-state index contributed by atoms with van der Waals surface area (Å²) in [6.45, 7) is 3.35. The maximum Gasteiger partial charge on any atom is 0.220 e. The lowest BCUT2D eigenvalue weighted by molar-refractivity contribution is -0.121. The van der Waals surface area contributed by atoms with Gasteiger partial charge in [0.05, 0.1) is 6.10 Å². The Bertz CT molecular complexity index is 530. The third-order valence-electron chi connectivity index (χ3n) is 5.83. The second kappa shape index (κ2) is 18.4. The van der Waals surface area contributed by atoms with Crippen LogP contribution < -0.4 is 11.1 Å². The lowest BCUT2D eigenvalue weighted by Crippen LogP contribution is -2.22. The van der Waals surface area contributed by atoms with Gasteiger partial charge in [-0.3, -0.25) is 4.79 Å². The number of hydrogen-bond donors (Lipinski definition) is 3. The zero-order valence-corrected chi connectivity index (χ0v) is 19.3. The summed E-state index contributed by atoms with van der Waals surface area (Å²) in [5.74, 6) is 0.148. The van der Waals surface area contributed by atoms with E-state index in [9.17, 15) is 9.90 Å². The van der Waals surface area contributed by atoms with Crippen molar-refractivity contribution < 1.29 is 9.90 Å². The fourth-order valence-electron chi connectivity index (χ4n) is 3.76. The fourth-order valence-corrected chi connectivity index (χ4v) is 3.76. The number of amides is 1. The minimum atomic E-state index is -0.0783. The monoisotopic (exact) mass is 418 g/mol. The molecule has 1 unspecified atom stereocenters. The molecule has 0 aliphatic heterocycles. The van der Waals surface area contributed by atoms with Crippen molar-refractivity contribution in [3.8, 4) is 0 Å². The first-order chi connectivity index (χ1) is 14.7. The number of unbranched alkanes of at least 4 members (excludes halogenated alkanes) is 10. The third kappa shape index (κ3) is 14.6. The molecule has 0 aliphatic carbocycles. The molecule has 4 nitrogen and oxygen atoms in total. The summed E-state index contributed by atoms with van der Waals surface area (Å²) < 4.78 is 0. The Morgan fingerprint density at radius 3 is 1.90 bits per heavy atom. The van der Waals surface area contributed by atoms with Gasteiger partial charge in [-0.2, -0.15) is 0 Å². The van der Waals surface area contributed by atoms with Crippen molar-refractivity contribution in [2.24, 2.45) is 5.73 Å². The van der Waals surface area contributed by atoms with Crippen LogP contribution in [0.25, 0.3) is 0 Å². The van der Waals surface area contributed by atoms with Gasteiger partial charge < -0.3 is 16.2 Å². The Morgan fingerprint density at radius 2 is 1.33 bits per heavy atom. The van der Waals surface area contributed by atoms with E-state index in [1.807, 2.05) is 24.3 Å². The number of carbonyl (C=O) groups excluding carboxylic acids is 1. The van der Waals surface area contributed by atoms with Crippen LogP contribution in [0.3, 0.4) is 0 Å². The van der Waals surface area contributed by atoms with Crippen LogP contribution in [0.15, 0.2) is 24.3 Å². The number of nitrogens with one attached hydrogen (secondary N) is 1. The molecule has 0 radical (unpaired) electrons. The molecule has 172 valence electrons. The highest BCUT2D eigenvalue weighted by atomic mass is 16.3. The minimum absolute atomic E-state index is 0.0783. The van der Waals surface area contributed by atoms with Crippen LogP contribution in [-0.2, 0) is 17.9 Å². The van der Waals surface area contributed by atoms with Crippen molar-refractivity contribution in [2.75, 3.05) is 0 Å². The predicted octanol–water partition coefficient (Wildman–Crippen LogP) is 5.99. The van der Waals surface area contributed by atoms with Gasteiger partial charge in [-0.05, 0) is 30.4 Å². The van der Waals surface area contributed by atoms with Crippen LogP contribution in [0.5, 0.6) is 0 Å². The van der Waals surface area contributed by atoms with Gasteiger partial charge in [0.15, 0.2) is 0 Å². The van der Waals surface area contributed by atoms with E-state index < -0.39 is 0 Å². The standard InChI is InChI=1S/C26H46N2O2/c1-2-3-11-14-25(29)15-12-9-7-5-4-6-8-10-13-16-26(30)28-22-24-19-17-23(21-27)18-20-24/h17-20,25,29H,2-16,21-22,27H2,1H3,(H,28,30). The van der Waals surface area contributed by atoms with Crippen LogP contribution in [-0.4, -0.2) is 17.1 Å². The molecule has 0 saturated carbocycles. The first-order valence-electron chi connectivity index (χ1n) is 12.4. The SMILES string of the molecule is CCCCCC(O)CCCCCCCCCCCC(=O)NCc1ccc(CN)cc1. The number of nitrogens with two attached hydrogens (primary N) is 1. The van der Waals surface area contributed by atoms with Crippen molar-refractivity contribution >= 4 is 5.91 Å². The van der Waals surface area contributed by atoms with Gasteiger partial charge in [-0.15, -0.1) is 0 Å². The van der Waals surface area contributed by atoms with Gasteiger partial charge in [-0.1, -0.05) is 102 Å². The number of rotatable bonds is 19. The molecule has 0 aliphatic rings. The molecule has 0 spiro atoms. The van der Waals surface area contributed by atoms with Gasteiger partial charge in [0.2, 0.25) is 5.91 Å². The lowest BCUT2D eigenvalue weighted by atomic mass is 10.0. The molecule has 1 atom stereocenters. The molecule has 0 aromatic heterocycles. The number of aliphatic hydroxyl groups excluding tert-OH is 1. The maximum absolute atomic E-state index is 11.9. The third-order valence-corrected chi connectivity index (χ3v) is 5.83. The molecule has 1 aromatic rings. The summed E-state index contributed by atoms with van der Waals surface area (Å²) in [4.78, 5) is 11.9. The minimum Gasteiger partial charge on any atom is -0.393 e. The molecule has 4 N–H and O–H groups in total. The summed E-state index contributed by atoms with van der Waals surface area (Å²) in [6.07, 6.45) is 17.1. The fraction of sp³-hybridized carbons (Fsp3) is 0.731. The Kier molecular flexibility index (Phi) is 16.3. The van der Waals surface area contributed by atoms with Crippen LogP contribution >= 0.6 is 0 Å². The second-order valence-corrected chi connectivity index (χ2v) is 8.67. The van der Waals surface area contributed by atoms with Gasteiger partial charge in [0.25, 0.3) is 0 Å². The van der Waals surface area contributed by atoms with Crippen molar-refractivity contribution in [1.82, 2.24) is 5.32 Å². The molecule has 1 rings (SSSR count). The summed E-state index contributed by atoms with van der Waals surface area (Å²) in [6, 6.07) is 8.08. The Morgan fingerprint density at radius 1 is 0.833 bits per heavy atom. The first kappa shape index (κ1) is 26.6. The van der Waals surface area contributed by atoms with Crippen LogP contribution in [0.1, 0.15) is 114 Å². The van der Waals surface area contributed by atoms with E-state index in [2.05, 4.69) is 12.2 Å². The van der Waals surface area contributed by atoms with Crippen molar-refractivity contribution in [3.63, 3.8) is 0 Å². The average Bonchev–Trinajstić information content (AvgIpc) is 2.76. The zero-order valence-electron chi connectivity index (χ0n) is 19.3. The lowest BCUT2D eigenvalue weighted by Gasteiger charge is -2.09. The number of carbonyl (C=O) groups is 1. The van der Waals surface area contributed by atoms with Gasteiger partial charge in [-0.25, -0.2) is 0 Å². The molecule has 30 heavy (non-hydrogen) atoms. The molecule has 0 heterocycles. The van der Waals surface area contributed by atoms with E-state index >= 15 is 0 Å². The van der Waals surface area contributed by atoms with Crippen molar-refractivity contribution in [2.45, 2.75) is 122 Å². The van der Waals surface area contributed by atoms with E-state index in [-0.39, 0.29) is 12.0 Å². The predicted molar refractivity (Wildman–Crippen MR) is 127 cm³/mol. The Labute approximate surface area is 185 Å². The number of hydrogen-bond acceptors (Lipinski definition) is 3. The first-order valence-corrected chi connectivity index (χ1v) is 12.4. The summed E-state index contributed by atoms with van der Waals surface area (Å²) in [5, 5.41) is 12.9. The van der Waals surface area contributed by atoms with Crippen LogP contribution in [0, 0.1) is 0 Å². The Hall–Kier alpha value is -1.39. The topological polar surface area (TPSA) is 75.3 Å². The molecule has 0 bridgehead atoms. The smallest absolute Gasteiger partial charge is 0.220 e. The Balaban J connectivity index is 1.86. The van der Waals surface area contributed by atoms with Crippen LogP contribution in [0.4, 0.5) is 0 Å². The van der Waals surface area contributed by atoms with E-state index in [1.54, 1.807) is 0 Å². The van der Waals surface area contributed by atoms with Gasteiger partial charge >= 0.3 is 0 Å². The van der Waals surface area contributed by atoms with E-state index in [0.717, 1.165) is 36.8 Å². The molecular weight excluding hydrogens is 372 g/mol. The van der Waals surface area contributed by atoms with Crippen molar-refractivity contribution in [3.05, 3.63) is 35.4 Å². The summed E-state index contributed by atoms with van der Waals surface area (Å²) in [5.41, 5.74) is 7.83. The summed E-state index contributed by atoms with van der Waals surface area (Å²) >= 11 is 0. The van der Waals surface area contributed by atoms with E-state index in [4.69, 9.17) is 5.73 Å². The quantitative estimate of drug-likeness (QED) is 0.241. The van der Waals surface area contributed by atoms with Gasteiger partial charge in [0.1, 0.15) is 0 Å². The van der Waals surface area contributed by atoms with E-state index in [0.29, 0.717) is 19.5 Å². The van der Waals surface area contributed by atoms with E-state index in [1.165, 1.54) is 64.2 Å². The number of aliphatic hydroxyl groups is 1. The highest BCUT2D eigenvalue weighted by molar-refractivity contribution is 5.75. The summed E-state index contributed by atoms with van der Waals surface area (Å²) in [7, 11) is 0. The highest BCUT2D eigenvalue weighted by Crippen LogP contribution is 2.14. The van der Waals surface area contributed by atoms with Crippen molar-refractivity contribution in [1.29, 1.82) is 0 Å².